The molecule has 0 unspecified atom stereocenters. The lowest BCUT2D eigenvalue weighted by molar-refractivity contribution is 0.618. The molecule has 0 fully saturated rings. The van der Waals surface area contributed by atoms with E-state index in [2.05, 4.69) is 19.7 Å². The van der Waals surface area contributed by atoms with Gasteiger partial charge in [-0.2, -0.15) is 0 Å². The van der Waals surface area contributed by atoms with Crippen LogP contribution < -0.4 is 0 Å². The third-order valence-electron chi connectivity index (χ3n) is 3.97. The Hall–Kier alpha value is -2.87. The molecule has 2 heteroatoms. The minimum atomic E-state index is -0.194. The Balaban J connectivity index is 2.59. The average Bonchev–Trinajstić information content (AvgIpc) is 2.58. The average molecular weight is 319 g/mol. The number of halogens is 1. The first-order chi connectivity index (χ1) is 11.5. The van der Waals surface area contributed by atoms with E-state index in [1.165, 1.54) is 6.07 Å². The quantitative estimate of drug-likeness (QED) is 0.596. The first kappa shape index (κ1) is 17.5. The van der Waals surface area contributed by atoms with Gasteiger partial charge in [0.15, 0.2) is 0 Å². The van der Waals surface area contributed by atoms with Crippen LogP contribution in [0.25, 0.3) is 5.57 Å². The first-order valence-corrected chi connectivity index (χ1v) is 7.74. The highest BCUT2D eigenvalue weighted by atomic mass is 19.1. The molecule has 1 aliphatic rings. The Morgan fingerprint density at radius 2 is 1.96 bits per heavy atom. The second-order valence-electron chi connectivity index (χ2n) is 5.60. The van der Waals surface area contributed by atoms with Crippen LogP contribution in [0.5, 0.6) is 0 Å². The van der Waals surface area contributed by atoms with E-state index in [1.54, 1.807) is 25.3 Å². The zero-order valence-corrected chi connectivity index (χ0v) is 14.2. The van der Waals surface area contributed by atoms with Crippen molar-refractivity contribution in [1.29, 1.82) is 0 Å². The van der Waals surface area contributed by atoms with Crippen LogP contribution in [-0.4, -0.2) is 4.90 Å². The Morgan fingerprint density at radius 1 is 1.21 bits per heavy atom. The zero-order valence-electron chi connectivity index (χ0n) is 14.2. The van der Waals surface area contributed by atoms with Gasteiger partial charge in [0.1, 0.15) is 5.82 Å². The molecule has 1 aliphatic heterocycles. The maximum Gasteiger partial charge on any atom is 0.126 e. The molecular formula is C22H22FN. The van der Waals surface area contributed by atoms with Gasteiger partial charge in [-0.3, -0.25) is 0 Å². The Labute approximate surface area is 143 Å². The highest BCUT2D eigenvalue weighted by molar-refractivity contribution is 5.76. The third-order valence-corrected chi connectivity index (χ3v) is 3.97. The van der Waals surface area contributed by atoms with Gasteiger partial charge in [0, 0.05) is 18.1 Å². The minimum Gasteiger partial charge on any atom is -0.324 e. The minimum absolute atomic E-state index is 0.194. The summed E-state index contributed by atoms with van der Waals surface area (Å²) in [5.74, 6) is -0.194. The van der Waals surface area contributed by atoms with Crippen molar-refractivity contribution < 1.29 is 4.39 Å². The van der Waals surface area contributed by atoms with E-state index in [9.17, 15) is 4.39 Å². The highest BCUT2D eigenvalue weighted by Crippen LogP contribution is 2.29. The van der Waals surface area contributed by atoms with E-state index in [-0.39, 0.29) is 5.82 Å². The van der Waals surface area contributed by atoms with Crippen molar-refractivity contribution in [3.8, 4) is 0 Å². The molecule has 1 aromatic rings. The summed E-state index contributed by atoms with van der Waals surface area (Å²) in [6.45, 7) is 15.3. The van der Waals surface area contributed by atoms with Gasteiger partial charge in [-0.15, -0.1) is 0 Å². The topological polar surface area (TPSA) is 3.24 Å². The third kappa shape index (κ3) is 3.72. The van der Waals surface area contributed by atoms with Crippen LogP contribution in [0, 0.1) is 12.7 Å². The summed E-state index contributed by atoms with van der Waals surface area (Å²) in [4.78, 5) is 1.88. The smallest absolute Gasteiger partial charge is 0.126 e. The fourth-order valence-corrected chi connectivity index (χ4v) is 2.51. The number of aryl methyl sites for hydroxylation is 1. The summed E-state index contributed by atoms with van der Waals surface area (Å²) in [6.07, 6.45) is 13.3. The van der Waals surface area contributed by atoms with E-state index in [1.807, 2.05) is 48.4 Å². The normalized spacial score (nSPS) is 15.4. The van der Waals surface area contributed by atoms with Gasteiger partial charge in [-0.25, -0.2) is 4.39 Å². The lowest BCUT2D eigenvalue weighted by Gasteiger charge is -2.22. The molecule has 0 bridgehead atoms. The summed E-state index contributed by atoms with van der Waals surface area (Å²) in [6, 6.07) is 5.17. The highest BCUT2D eigenvalue weighted by Gasteiger charge is 2.12. The number of rotatable bonds is 5. The standard InChI is InChI=1S/C22H22FN/c1-6-8-9-21(20-11-10-17(4)24(7-2)15-20)18(5)19-12-13-22(23)16(3)14-19/h6-15H,1-2,4H2,3,5H3/b9-8-,21-18-. The van der Waals surface area contributed by atoms with Gasteiger partial charge in [-0.1, -0.05) is 50.1 Å². The van der Waals surface area contributed by atoms with Crippen molar-refractivity contribution in [1.82, 2.24) is 4.90 Å². The van der Waals surface area contributed by atoms with Crippen LogP contribution >= 0.6 is 0 Å². The molecule has 1 nitrogen and oxygen atoms in total. The monoisotopic (exact) mass is 319 g/mol. The Kier molecular flexibility index (Phi) is 5.54. The van der Waals surface area contributed by atoms with Gasteiger partial charge < -0.3 is 4.90 Å². The van der Waals surface area contributed by atoms with Crippen molar-refractivity contribution >= 4 is 5.57 Å². The fourth-order valence-electron chi connectivity index (χ4n) is 2.51. The molecule has 122 valence electrons. The van der Waals surface area contributed by atoms with E-state index in [0.717, 1.165) is 28.0 Å². The van der Waals surface area contributed by atoms with Gasteiger partial charge in [0.25, 0.3) is 0 Å². The molecule has 0 atom stereocenters. The number of allylic oxidation sites excluding steroid dienone is 8. The molecule has 0 aliphatic carbocycles. The summed E-state index contributed by atoms with van der Waals surface area (Å²) < 4.78 is 13.6. The molecule has 1 heterocycles. The van der Waals surface area contributed by atoms with E-state index >= 15 is 0 Å². The van der Waals surface area contributed by atoms with Gasteiger partial charge in [0.2, 0.25) is 0 Å². The zero-order chi connectivity index (χ0) is 17.7. The fraction of sp³-hybridized carbons (Fsp3) is 0.0909. The van der Waals surface area contributed by atoms with Crippen molar-refractivity contribution in [2.45, 2.75) is 13.8 Å². The predicted octanol–water partition coefficient (Wildman–Crippen LogP) is 6.06. The number of hydrogen-bond donors (Lipinski definition) is 0. The lowest BCUT2D eigenvalue weighted by atomic mass is 9.93. The van der Waals surface area contributed by atoms with Crippen molar-refractivity contribution in [3.63, 3.8) is 0 Å². The van der Waals surface area contributed by atoms with Crippen LogP contribution in [0.15, 0.2) is 97.6 Å². The van der Waals surface area contributed by atoms with Gasteiger partial charge in [0.05, 0.1) is 0 Å². The van der Waals surface area contributed by atoms with E-state index in [0.29, 0.717) is 5.56 Å². The number of hydrogen-bond acceptors (Lipinski definition) is 1. The van der Waals surface area contributed by atoms with Crippen LogP contribution in [0.3, 0.4) is 0 Å². The Bertz CT molecular complexity index is 803. The summed E-state index contributed by atoms with van der Waals surface area (Å²) in [5.41, 5.74) is 5.60. The molecule has 0 amide bonds. The molecule has 1 aromatic carbocycles. The maximum absolute atomic E-state index is 13.6. The summed E-state index contributed by atoms with van der Waals surface area (Å²) in [5, 5.41) is 0. The van der Waals surface area contributed by atoms with Crippen LogP contribution in [0.2, 0.25) is 0 Å². The molecule has 0 radical (unpaired) electrons. The van der Waals surface area contributed by atoms with Crippen molar-refractivity contribution in [2.75, 3.05) is 0 Å². The second kappa shape index (κ2) is 7.60. The first-order valence-electron chi connectivity index (χ1n) is 7.74. The summed E-state index contributed by atoms with van der Waals surface area (Å²) >= 11 is 0. The van der Waals surface area contributed by atoms with Gasteiger partial charge >= 0.3 is 0 Å². The molecule has 0 spiro atoms. The van der Waals surface area contributed by atoms with Crippen LogP contribution in [0.4, 0.5) is 4.39 Å². The molecule has 0 saturated heterocycles. The van der Waals surface area contributed by atoms with Crippen LogP contribution in [-0.2, 0) is 0 Å². The van der Waals surface area contributed by atoms with E-state index < -0.39 is 0 Å². The largest absolute Gasteiger partial charge is 0.324 e. The second-order valence-corrected chi connectivity index (χ2v) is 5.60. The predicted molar refractivity (Wildman–Crippen MR) is 101 cm³/mol. The molecule has 24 heavy (non-hydrogen) atoms. The molecule has 2 rings (SSSR count). The molecular weight excluding hydrogens is 297 g/mol. The molecule has 0 N–H and O–H groups in total. The van der Waals surface area contributed by atoms with E-state index in [4.69, 9.17) is 0 Å². The maximum atomic E-state index is 13.6. The lowest BCUT2D eigenvalue weighted by Crippen LogP contribution is -2.11. The number of benzene rings is 1. The Morgan fingerprint density at radius 3 is 2.58 bits per heavy atom. The molecule has 0 aromatic heterocycles. The van der Waals surface area contributed by atoms with Crippen LogP contribution in [0.1, 0.15) is 18.1 Å². The van der Waals surface area contributed by atoms with Gasteiger partial charge in [-0.05, 0) is 59.9 Å². The molecule has 0 saturated carbocycles. The summed E-state index contributed by atoms with van der Waals surface area (Å²) in [7, 11) is 0. The number of nitrogens with zero attached hydrogens (tertiary/aromatic N) is 1. The SMILES string of the molecule is C=C/C=C\C(C1=CN(C=C)C(=C)C=C1)=C(/C)c1ccc(F)c(C)c1. The van der Waals surface area contributed by atoms with Crippen molar-refractivity contribution in [3.05, 3.63) is 115 Å². The van der Waals surface area contributed by atoms with Crippen molar-refractivity contribution in [2.24, 2.45) is 0 Å².